The molecule has 1 heterocycles. The number of carbonyl (C=O) groups is 2. The van der Waals surface area contributed by atoms with Crippen molar-refractivity contribution in [3.63, 3.8) is 0 Å². The van der Waals surface area contributed by atoms with Crippen molar-refractivity contribution < 1.29 is 9.59 Å². The first kappa shape index (κ1) is 12.7. The highest BCUT2D eigenvalue weighted by Gasteiger charge is 2.18. The van der Waals surface area contributed by atoms with Crippen LogP contribution in [0.2, 0.25) is 10.3 Å². The standard InChI is InChI=1S/C8H8Cl2N4O2/c1-14(3-6(11)15)8(16)4-2-5(9)12-13-7(4)10/h2H,3H2,1H3,(H2,11,15). The third-order valence-electron chi connectivity index (χ3n) is 1.69. The number of aromatic nitrogens is 2. The van der Waals surface area contributed by atoms with Crippen LogP contribution in [-0.4, -0.2) is 40.5 Å². The van der Waals surface area contributed by atoms with Crippen molar-refractivity contribution in [2.45, 2.75) is 0 Å². The molecule has 86 valence electrons. The van der Waals surface area contributed by atoms with Crippen LogP contribution in [0.5, 0.6) is 0 Å². The van der Waals surface area contributed by atoms with Gasteiger partial charge in [-0.1, -0.05) is 23.2 Å². The summed E-state index contributed by atoms with van der Waals surface area (Å²) in [5.41, 5.74) is 5.03. The monoisotopic (exact) mass is 262 g/mol. The maximum Gasteiger partial charge on any atom is 0.257 e. The number of likely N-dealkylation sites (N-methyl/N-ethyl adjacent to an activating group) is 1. The van der Waals surface area contributed by atoms with Crippen molar-refractivity contribution in [1.29, 1.82) is 0 Å². The Morgan fingerprint density at radius 2 is 2.06 bits per heavy atom. The lowest BCUT2D eigenvalue weighted by atomic mass is 10.2. The molecule has 0 spiro atoms. The van der Waals surface area contributed by atoms with Crippen molar-refractivity contribution in [1.82, 2.24) is 15.1 Å². The van der Waals surface area contributed by atoms with Gasteiger partial charge in [0.1, 0.15) is 0 Å². The second-order valence-corrected chi connectivity index (χ2v) is 3.74. The summed E-state index contributed by atoms with van der Waals surface area (Å²) in [6, 6.07) is 1.27. The average molecular weight is 263 g/mol. The number of hydrogen-bond donors (Lipinski definition) is 1. The fourth-order valence-corrected chi connectivity index (χ4v) is 1.33. The Labute approximate surface area is 101 Å². The summed E-state index contributed by atoms with van der Waals surface area (Å²) in [6.45, 7) is -0.213. The molecule has 0 unspecified atom stereocenters. The molecular formula is C8H8Cl2N4O2. The van der Waals surface area contributed by atoms with Gasteiger partial charge in [-0.2, -0.15) is 0 Å². The zero-order valence-electron chi connectivity index (χ0n) is 8.28. The first-order valence-electron chi connectivity index (χ1n) is 4.14. The summed E-state index contributed by atoms with van der Waals surface area (Å²) < 4.78 is 0. The average Bonchev–Trinajstić information content (AvgIpc) is 2.19. The molecule has 2 amide bonds. The van der Waals surface area contributed by atoms with Gasteiger partial charge in [0.15, 0.2) is 10.3 Å². The molecule has 2 N–H and O–H groups in total. The van der Waals surface area contributed by atoms with Crippen LogP contribution in [0.3, 0.4) is 0 Å². The Hall–Kier alpha value is -1.40. The number of hydrogen-bond acceptors (Lipinski definition) is 4. The maximum atomic E-state index is 11.8. The topological polar surface area (TPSA) is 89.2 Å². The molecule has 1 aromatic rings. The number of rotatable bonds is 3. The Morgan fingerprint density at radius 3 is 2.62 bits per heavy atom. The van der Waals surface area contributed by atoms with Gasteiger partial charge in [-0.25, -0.2) is 0 Å². The van der Waals surface area contributed by atoms with Crippen LogP contribution < -0.4 is 5.73 Å². The second-order valence-electron chi connectivity index (χ2n) is 3.00. The first-order chi connectivity index (χ1) is 7.41. The van der Waals surface area contributed by atoms with Gasteiger partial charge in [0.25, 0.3) is 5.91 Å². The van der Waals surface area contributed by atoms with E-state index in [2.05, 4.69) is 10.2 Å². The second kappa shape index (κ2) is 5.09. The van der Waals surface area contributed by atoms with E-state index in [0.717, 1.165) is 4.90 Å². The molecule has 8 heteroatoms. The summed E-state index contributed by atoms with van der Waals surface area (Å²) in [7, 11) is 1.41. The van der Waals surface area contributed by atoms with Crippen molar-refractivity contribution in [3.8, 4) is 0 Å². The van der Waals surface area contributed by atoms with E-state index in [4.69, 9.17) is 28.9 Å². The molecule has 0 aliphatic heterocycles. The minimum Gasteiger partial charge on any atom is -0.368 e. The Kier molecular flexibility index (Phi) is 4.03. The Bertz CT molecular complexity index is 438. The Balaban J connectivity index is 2.95. The van der Waals surface area contributed by atoms with Crippen LogP contribution >= 0.6 is 23.2 Å². The summed E-state index contributed by atoms with van der Waals surface area (Å²) in [5, 5.41) is 6.91. The zero-order chi connectivity index (χ0) is 12.3. The molecule has 0 fully saturated rings. The SMILES string of the molecule is CN(CC(N)=O)C(=O)c1cc(Cl)nnc1Cl. The molecule has 1 rings (SSSR count). The van der Waals surface area contributed by atoms with E-state index in [-0.39, 0.29) is 22.4 Å². The molecule has 0 bridgehead atoms. The lowest BCUT2D eigenvalue weighted by Gasteiger charge is -2.15. The maximum absolute atomic E-state index is 11.8. The van der Waals surface area contributed by atoms with Crippen molar-refractivity contribution in [2.24, 2.45) is 5.73 Å². The van der Waals surface area contributed by atoms with E-state index in [1.807, 2.05) is 0 Å². The van der Waals surface area contributed by atoms with Gasteiger partial charge in [-0.15, -0.1) is 10.2 Å². The van der Waals surface area contributed by atoms with Gasteiger partial charge >= 0.3 is 0 Å². The molecule has 0 aliphatic carbocycles. The molecule has 0 atom stereocenters. The Morgan fingerprint density at radius 1 is 1.44 bits per heavy atom. The molecule has 1 aromatic heterocycles. The fourth-order valence-electron chi connectivity index (χ4n) is 1.01. The third kappa shape index (κ3) is 3.04. The van der Waals surface area contributed by atoms with E-state index in [1.165, 1.54) is 13.1 Å². The molecular weight excluding hydrogens is 255 g/mol. The molecule has 0 radical (unpaired) electrons. The third-order valence-corrected chi connectivity index (χ3v) is 2.15. The molecule has 0 aliphatic rings. The van der Waals surface area contributed by atoms with Crippen LogP contribution in [0.15, 0.2) is 6.07 Å². The van der Waals surface area contributed by atoms with Crippen molar-refractivity contribution in [3.05, 3.63) is 21.9 Å². The van der Waals surface area contributed by atoms with Gasteiger partial charge < -0.3 is 10.6 Å². The van der Waals surface area contributed by atoms with Crippen LogP contribution in [-0.2, 0) is 4.79 Å². The normalized spacial score (nSPS) is 9.94. The summed E-state index contributed by atoms with van der Waals surface area (Å²) in [6.07, 6.45) is 0. The molecule has 6 nitrogen and oxygen atoms in total. The number of carbonyl (C=O) groups excluding carboxylic acids is 2. The minimum atomic E-state index is -0.625. The predicted octanol–water partition coefficient (Wildman–Crippen LogP) is 0.341. The lowest BCUT2D eigenvalue weighted by Crippen LogP contribution is -2.35. The predicted molar refractivity (Wildman–Crippen MR) is 58.2 cm³/mol. The van der Waals surface area contributed by atoms with E-state index in [9.17, 15) is 9.59 Å². The van der Waals surface area contributed by atoms with Crippen LogP contribution in [0.25, 0.3) is 0 Å². The largest absolute Gasteiger partial charge is 0.368 e. The van der Waals surface area contributed by atoms with E-state index in [1.54, 1.807) is 0 Å². The summed E-state index contributed by atoms with van der Waals surface area (Å²) >= 11 is 11.3. The fraction of sp³-hybridized carbons (Fsp3) is 0.250. The highest BCUT2D eigenvalue weighted by molar-refractivity contribution is 6.34. The highest BCUT2D eigenvalue weighted by Crippen LogP contribution is 2.16. The van der Waals surface area contributed by atoms with Crippen LogP contribution in [0.4, 0.5) is 0 Å². The first-order valence-corrected chi connectivity index (χ1v) is 4.90. The number of nitrogens with two attached hydrogens (primary N) is 1. The summed E-state index contributed by atoms with van der Waals surface area (Å²) in [5.74, 6) is -1.12. The lowest BCUT2D eigenvalue weighted by molar-refractivity contribution is -0.118. The van der Waals surface area contributed by atoms with Crippen molar-refractivity contribution >= 4 is 35.0 Å². The molecule has 0 saturated heterocycles. The summed E-state index contributed by atoms with van der Waals surface area (Å²) in [4.78, 5) is 23.5. The zero-order valence-corrected chi connectivity index (χ0v) is 9.79. The smallest absolute Gasteiger partial charge is 0.257 e. The van der Waals surface area contributed by atoms with Crippen molar-refractivity contribution in [2.75, 3.05) is 13.6 Å². The van der Waals surface area contributed by atoms with E-state index < -0.39 is 11.8 Å². The van der Waals surface area contributed by atoms with Gasteiger partial charge in [0.05, 0.1) is 12.1 Å². The van der Waals surface area contributed by atoms with Crippen LogP contribution in [0.1, 0.15) is 10.4 Å². The van der Waals surface area contributed by atoms with Gasteiger partial charge in [-0.3, -0.25) is 9.59 Å². The number of amides is 2. The van der Waals surface area contributed by atoms with Gasteiger partial charge in [-0.05, 0) is 6.07 Å². The number of halogens is 2. The van der Waals surface area contributed by atoms with Gasteiger partial charge in [0.2, 0.25) is 5.91 Å². The molecule has 0 saturated carbocycles. The highest BCUT2D eigenvalue weighted by atomic mass is 35.5. The number of primary amides is 1. The van der Waals surface area contributed by atoms with E-state index >= 15 is 0 Å². The van der Waals surface area contributed by atoms with E-state index in [0.29, 0.717) is 0 Å². The molecule has 16 heavy (non-hydrogen) atoms. The number of nitrogens with zero attached hydrogens (tertiary/aromatic N) is 3. The van der Waals surface area contributed by atoms with Gasteiger partial charge in [0, 0.05) is 7.05 Å². The molecule has 0 aromatic carbocycles. The minimum absolute atomic E-state index is 0.0419. The quantitative estimate of drug-likeness (QED) is 0.851. The van der Waals surface area contributed by atoms with Crippen LogP contribution in [0, 0.1) is 0 Å².